The lowest BCUT2D eigenvalue weighted by atomic mass is 9.96. The third kappa shape index (κ3) is 4.21. The lowest BCUT2D eigenvalue weighted by molar-refractivity contribution is -0.142. The SMILES string of the molecule is CC(C)C(CNC(=O)c1ccc(F)cc1Cl)C(=O)O. The molecule has 0 radical (unpaired) electrons. The minimum Gasteiger partial charge on any atom is -0.481 e. The summed E-state index contributed by atoms with van der Waals surface area (Å²) in [5.41, 5.74) is 0.121. The van der Waals surface area contributed by atoms with Gasteiger partial charge in [-0.1, -0.05) is 25.4 Å². The summed E-state index contributed by atoms with van der Waals surface area (Å²) in [5, 5.41) is 11.5. The second kappa shape index (κ2) is 6.52. The Kier molecular flexibility index (Phi) is 5.30. The zero-order valence-corrected chi connectivity index (χ0v) is 11.4. The summed E-state index contributed by atoms with van der Waals surface area (Å²) in [6, 6.07) is 3.42. The predicted octanol–water partition coefficient (Wildman–Crippen LogP) is 2.57. The largest absolute Gasteiger partial charge is 0.481 e. The highest BCUT2D eigenvalue weighted by molar-refractivity contribution is 6.33. The molecule has 0 saturated carbocycles. The second-order valence-electron chi connectivity index (χ2n) is 4.52. The summed E-state index contributed by atoms with van der Waals surface area (Å²) < 4.78 is 12.8. The normalized spacial score (nSPS) is 12.3. The quantitative estimate of drug-likeness (QED) is 0.875. The molecule has 0 saturated heterocycles. The van der Waals surface area contributed by atoms with Crippen molar-refractivity contribution >= 4 is 23.5 Å². The first kappa shape index (κ1) is 15.4. The van der Waals surface area contributed by atoms with Crippen molar-refractivity contribution in [2.75, 3.05) is 6.54 Å². The van der Waals surface area contributed by atoms with Gasteiger partial charge >= 0.3 is 5.97 Å². The molecular formula is C13H15ClFNO3. The van der Waals surface area contributed by atoms with Crippen molar-refractivity contribution in [1.82, 2.24) is 5.32 Å². The molecule has 1 rings (SSSR count). The number of amides is 1. The highest BCUT2D eigenvalue weighted by atomic mass is 35.5. The Morgan fingerprint density at radius 3 is 2.53 bits per heavy atom. The van der Waals surface area contributed by atoms with Crippen LogP contribution in [0, 0.1) is 17.7 Å². The molecule has 1 amide bonds. The maximum Gasteiger partial charge on any atom is 0.308 e. The number of aliphatic carboxylic acids is 1. The van der Waals surface area contributed by atoms with Crippen molar-refractivity contribution in [2.45, 2.75) is 13.8 Å². The van der Waals surface area contributed by atoms with Gasteiger partial charge in [-0.3, -0.25) is 9.59 Å². The van der Waals surface area contributed by atoms with Crippen LogP contribution in [0.15, 0.2) is 18.2 Å². The van der Waals surface area contributed by atoms with Crippen LogP contribution in [0.4, 0.5) is 4.39 Å². The van der Waals surface area contributed by atoms with E-state index in [-0.39, 0.29) is 23.0 Å². The number of rotatable bonds is 5. The number of hydrogen-bond acceptors (Lipinski definition) is 2. The Labute approximate surface area is 115 Å². The van der Waals surface area contributed by atoms with E-state index in [2.05, 4.69) is 5.32 Å². The molecule has 0 aliphatic carbocycles. The molecule has 6 heteroatoms. The van der Waals surface area contributed by atoms with E-state index < -0.39 is 23.6 Å². The first-order chi connectivity index (χ1) is 8.82. The molecule has 104 valence electrons. The van der Waals surface area contributed by atoms with Crippen LogP contribution in [0.25, 0.3) is 0 Å². The van der Waals surface area contributed by atoms with Gasteiger partial charge < -0.3 is 10.4 Å². The van der Waals surface area contributed by atoms with Crippen molar-refractivity contribution < 1.29 is 19.1 Å². The maximum atomic E-state index is 12.8. The number of carbonyl (C=O) groups excluding carboxylic acids is 1. The summed E-state index contributed by atoms with van der Waals surface area (Å²) >= 11 is 5.75. The number of benzene rings is 1. The van der Waals surface area contributed by atoms with E-state index >= 15 is 0 Å². The number of carboxylic acids is 1. The molecule has 1 aromatic rings. The van der Waals surface area contributed by atoms with Gasteiger partial charge in [0.1, 0.15) is 5.82 Å². The van der Waals surface area contributed by atoms with Gasteiger partial charge in [-0.2, -0.15) is 0 Å². The van der Waals surface area contributed by atoms with Gasteiger partial charge in [0.15, 0.2) is 0 Å². The fourth-order valence-corrected chi connectivity index (χ4v) is 1.83. The third-order valence-corrected chi connectivity index (χ3v) is 3.09. The van der Waals surface area contributed by atoms with Crippen molar-refractivity contribution in [3.05, 3.63) is 34.6 Å². The highest BCUT2D eigenvalue weighted by Crippen LogP contribution is 2.17. The topological polar surface area (TPSA) is 66.4 Å². The lowest BCUT2D eigenvalue weighted by Gasteiger charge is -2.16. The van der Waals surface area contributed by atoms with Crippen LogP contribution in [0.2, 0.25) is 5.02 Å². The molecule has 1 aromatic carbocycles. The lowest BCUT2D eigenvalue weighted by Crippen LogP contribution is -2.35. The minimum atomic E-state index is -0.972. The van der Waals surface area contributed by atoms with E-state index in [1.54, 1.807) is 13.8 Å². The van der Waals surface area contributed by atoms with Crippen molar-refractivity contribution in [3.63, 3.8) is 0 Å². The Balaban J connectivity index is 2.72. The van der Waals surface area contributed by atoms with Crippen molar-refractivity contribution in [1.29, 1.82) is 0 Å². The summed E-state index contributed by atoms with van der Waals surface area (Å²) in [6.07, 6.45) is 0. The van der Waals surface area contributed by atoms with Gasteiger partial charge in [0.05, 0.1) is 16.5 Å². The van der Waals surface area contributed by atoms with E-state index in [9.17, 15) is 14.0 Å². The first-order valence-electron chi connectivity index (χ1n) is 5.79. The zero-order valence-electron chi connectivity index (χ0n) is 10.6. The Morgan fingerprint density at radius 1 is 1.42 bits per heavy atom. The number of carboxylic acid groups (broad SMARTS) is 1. The minimum absolute atomic E-state index is 0.000458. The van der Waals surface area contributed by atoms with E-state index in [4.69, 9.17) is 16.7 Å². The number of carbonyl (C=O) groups is 2. The summed E-state index contributed by atoms with van der Waals surface area (Å²) in [5.74, 6) is -2.81. The van der Waals surface area contributed by atoms with Gasteiger partial charge in [-0.25, -0.2) is 4.39 Å². The molecule has 0 bridgehead atoms. The van der Waals surface area contributed by atoms with Gasteiger partial charge in [-0.05, 0) is 24.1 Å². The molecular weight excluding hydrogens is 273 g/mol. The average Bonchev–Trinajstić information content (AvgIpc) is 2.27. The van der Waals surface area contributed by atoms with Crippen LogP contribution in [0.5, 0.6) is 0 Å². The van der Waals surface area contributed by atoms with Gasteiger partial charge in [0.25, 0.3) is 5.91 Å². The van der Waals surface area contributed by atoms with Gasteiger partial charge in [0.2, 0.25) is 0 Å². The van der Waals surface area contributed by atoms with E-state index in [0.717, 1.165) is 12.1 Å². The molecule has 0 spiro atoms. The molecule has 0 fully saturated rings. The Morgan fingerprint density at radius 2 is 2.05 bits per heavy atom. The molecule has 2 N–H and O–H groups in total. The van der Waals surface area contributed by atoms with E-state index in [0.29, 0.717) is 0 Å². The Bertz CT molecular complexity index is 491. The van der Waals surface area contributed by atoms with Crippen LogP contribution in [0.1, 0.15) is 24.2 Å². The molecule has 0 aliphatic rings. The first-order valence-corrected chi connectivity index (χ1v) is 6.16. The summed E-state index contributed by atoms with van der Waals surface area (Å²) in [6.45, 7) is 3.52. The molecule has 4 nitrogen and oxygen atoms in total. The van der Waals surface area contributed by atoms with Crippen LogP contribution in [-0.2, 0) is 4.79 Å². The summed E-state index contributed by atoms with van der Waals surface area (Å²) in [7, 11) is 0. The summed E-state index contributed by atoms with van der Waals surface area (Å²) in [4.78, 5) is 22.8. The molecule has 1 unspecified atom stereocenters. The molecule has 0 aliphatic heterocycles. The molecule has 0 aromatic heterocycles. The van der Waals surface area contributed by atoms with Crippen molar-refractivity contribution in [2.24, 2.45) is 11.8 Å². The predicted molar refractivity (Wildman–Crippen MR) is 69.7 cm³/mol. The fraction of sp³-hybridized carbons (Fsp3) is 0.385. The van der Waals surface area contributed by atoms with Gasteiger partial charge in [0, 0.05) is 6.54 Å². The van der Waals surface area contributed by atoms with Crippen LogP contribution >= 0.6 is 11.6 Å². The number of nitrogens with one attached hydrogen (secondary N) is 1. The van der Waals surface area contributed by atoms with Crippen LogP contribution in [0.3, 0.4) is 0 Å². The smallest absolute Gasteiger partial charge is 0.308 e. The number of halogens is 2. The molecule has 0 heterocycles. The highest BCUT2D eigenvalue weighted by Gasteiger charge is 2.22. The Hall–Kier alpha value is -1.62. The van der Waals surface area contributed by atoms with Gasteiger partial charge in [-0.15, -0.1) is 0 Å². The fourth-order valence-electron chi connectivity index (χ4n) is 1.58. The maximum absolute atomic E-state index is 12.8. The average molecular weight is 288 g/mol. The molecule has 19 heavy (non-hydrogen) atoms. The van der Waals surface area contributed by atoms with E-state index in [1.807, 2.05) is 0 Å². The molecule has 1 atom stereocenters. The van der Waals surface area contributed by atoms with Crippen LogP contribution < -0.4 is 5.32 Å². The number of hydrogen-bond donors (Lipinski definition) is 2. The standard InChI is InChI=1S/C13H15ClFNO3/c1-7(2)10(13(18)19)6-16-12(17)9-4-3-8(15)5-11(9)14/h3-5,7,10H,6H2,1-2H3,(H,16,17)(H,18,19). The van der Waals surface area contributed by atoms with Crippen molar-refractivity contribution in [3.8, 4) is 0 Å². The van der Waals surface area contributed by atoms with E-state index in [1.165, 1.54) is 6.07 Å². The zero-order chi connectivity index (χ0) is 14.6. The van der Waals surface area contributed by atoms with Crippen LogP contribution in [-0.4, -0.2) is 23.5 Å². The third-order valence-electron chi connectivity index (χ3n) is 2.78. The second-order valence-corrected chi connectivity index (χ2v) is 4.93. The monoisotopic (exact) mass is 287 g/mol.